The molecule has 0 amide bonds. The Balaban J connectivity index is 1.91. The first-order valence-electron chi connectivity index (χ1n) is 14.0. The maximum Gasteiger partial charge on any atom is 0.309 e. The second-order valence-corrected chi connectivity index (χ2v) is 11.2. The summed E-state index contributed by atoms with van der Waals surface area (Å²) < 4.78 is 5.90. The van der Waals surface area contributed by atoms with Gasteiger partial charge in [0.2, 0.25) is 0 Å². The molecule has 1 spiro atoms. The molecule has 6 nitrogen and oxygen atoms in total. The lowest BCUT2D eigenvalue weighted by molar-refractivity contribution is -0.162. The topological polar surface area (TPSA) is 96.7 Å². The van der Waals surface area contributed by atoms with Gasteiger partial charge in [0.05, 0.1) is 29.7 Å². The van der Waals surface area contributed by atoms with Crippen LogP contribution in [0.5, 0.6) is 0 Å². The number of rotatable bonds is 4. The molecule has 6 heteroatoms. The zero-order valence-electron chi connectivity index (χ0n) is 23.1. The molecule has 1 fully saturated rings. The molecule has 2 heterocycles. The van der Waals surface area contributed by atoms with Crippen LogP contribution in [0.25, 0.3) is 6.08 Å². The predicted octanol–water partition coefficient (Wildman–Crippen LogP) is 5.43. The molecule has 1 aliphatic heterocycles. The van der Waals surface area contributed by atoms with Gasteiger partial charge in [-0.1, -0.05) is 31.1 Å². The fraction of sp³-hybridized carbons (Fsp3) is 0.594. The van der Waals surface area contributed by atoms with Gasteiger partial charge in [0.15, 0.2) is 0 Å². The van der Waals surface area contributed by atoms with Gasteiger partial charge in [-0.05, 0) is 82.1 Å². The number of allylic oxidation sites excluding steroid dienone is 1. The quantitative estimate of drug-likeness (QED) is 0.311. The third-order valence-electron chi connectivity index (χ3n) is 8.42. The number of aliphatic hydroxyl groups is 2. The summed E-state index contributed by atoms with van der Waals surface area (Å²) in [6.07, 6.45) is 14.0. The molecule has 0 bridgehead atoms. The van der Waals surface area contributed by atoms with Gasteiger partial charge in [-0.3, -0.25) is 14.6 Å². The zero-order valence-corrected chi connectivity index (χ0v) is 23.1. The van der Waals surface area contributed by atoms with Crippen LogP contribution < -0.4 is 0 Å². The molecule has 5 atom stereocenters. The van der Waals surface area contributed by atoms with E-state index in [-0.39, 0.29) is 18.1 Å². The minimum atomic E-state index is -1.17. The van der Waals surface area contributed by atoms with Crippen LogP contribution in [0.2, 0.25) is 0 Å². The zero-order chi connectivity index (χ0) is 27.7. The Kier molecular flexibility index (Phi) is 10.9. The summed E-state index contributed by atoms with van der Waals surface area (Å²) in [5.41, 5.74) is 1.77. The van der Waals surface area contributed by atoms with E-state index in [1.807, 2.05) is 38.1 Å². The van der Waals surface area contributed by atoms with E-state index in [2.05, 4.69) is 23.9 Å². The van der Waals surface area contributed by atoms with Gasteiger partial charge in [-0.2, -0.15) is 0 Å². The molecule has 1 aliphatic carbocycles. The van der Waals surface area contributed by atoms with Crippen molar-refractivity contribution in [1.82, 2.24) is 4.98 Å². The average Bonchev–Trinajstić information content (AvgIpc) is 2.85. The highest BCUT2D eigenvalue weighted by atomic mass is 16.5. The minimum absolute atomic E-state index is 0.0852. The number of terminal acetylenes is 1. The SMILES string of the molecule is C#CCC[C@H]1C(=O)C2(CCC2)[C@@H](O)CC(=O)OC(/C(C)=C/c2ccccn2)C/C=C(/C)CCC[C@@H](C)[C@@H]1O. The van der Waals surface area contributed by atoms with E-state index < -0.39 is 35.6 Å². The number of hydrogen-bond donors (Lipinski definition) is 2. The number of aromatic nitrogens is 1. The van der Waals surface area contributed by atoms with Crippen LogP contribution in [0.1, 0.15) is 90.7 Å². The van der Waals surface area contributed by atoms with Gasteiger partial charge in [0.25, 0.3) is 0 Å². The van der Waals surface area contributed by atoms with Gasteiger partial charge < -0.3 is 14.9 Å². The second-order valence-electron chi connectivity index (χ2n) is 11.2. The van der Waals surface area contributed by atoms with Crippen molar-refractivity contribution >= 4 is 17.8 Å². The van der Waals surface area contributed by atoms with E-state index >= 15 is 0 Å². The predicted molar refractivity (Wildman–Crippen MR) is 149 cm³/mol. The van der Waals surface area contributed by atoms with Crippen LogP contribution >= 0.6 is 0 Å². The van der Waals surface area contributed by atoms with E-state index in [9.17, 15) is 19.8 Å². The number of carbonyl (C=O) groups excluding carboxylic acids is 2. The van der Waals surface area contributed by atoms with Crippen molar-refractivity contribution in [1.29, 1.82) is 0 Å². The lowest BCUT2D eigenvalue weighted by atomic mass is 9.58. The standard InChI is InChI=1S/C32H43NO5/c1-5-6-14-26-30(36)23(3)12-9-11-22(2)15-16-27(24(4)20-25-13-7-8-19-33-25)38-29(35)21-28(34)32(31(26)37)17-10-18-32/h1,7-8,13,15,19-20,23,26-28,30,34,36H,6,9-12,14,16-18,21H2,2-4H3/b22-15-,24-20+/t23-,26-,27?,28+,30+/m1/s1. The summed E-state index contributed by atoms with van der Waals surface area (Å²) in [7, 11) is 0. The van der Waals surface area contributed by atoms with Crippen molar-refractivity contribution in [3.63, 3.8) is 0 Å². The largest absolute Gasteiger partial charge is 0.457 e. The molecule has 0 saturated heterocycles. The van der Waals surface area contributed by atoms with Gasteiger partial charge >= 0.3 is 5.97 Å². The number of cyclic esters (lactones) is 1. The highest BCUT2D eigenvalue weighted by Gasteiger charge is 2.53. The highest BCUT2D eigenvalue weighted by Crippen LogP contribution is 2.49. The Bertz CT molecular complexity index is 1050. The minimum Gasteiger partial charge on any atom is -0.457 e. The average molecular weight is 522 g/mol. The third kappa shape index (κ3) is 7.42. The van der Waals surface area contributed by atoms with Crippen LogP contribution in [-0.2, 0) is 14.3 Å². The first-order valence-corrected chi connectivity index (χ1v) is 14.0. The van der Waals surface area contributed by atoms with E-state index in [4.69, 9.17) is 11.2 Å². The molecule has 1 aromatic heterocycles. The lowest BCUT2D eigenvalue weighted by Gasteiger charge is -2.46. The molecule has 3 rings (SSSR count). The van der Waals surface area contributed by atoms with Crippen molar-refractivity contribution in [2.45, 2.75) is 103 Å². The number of nitrogens with zero attached hydrogens (tertiary/aromatic N) is 1. The number of Topliss-reactive ketones (excluding diaryl/α,β-unsaturated/α-hetero) is 1. The van der Waals surface area contributed by atoms with Crippen molar-refractivity contribution in [3.05, 3.63) is 47.3 Å². The Morgan fingerprint density at radius 3 is 2.66 bits per heavy atom. The van der Waals surface area contributed by atoms with Crippen LogP contribution in [-0.4, -0.2) is 45.3 Å². The smallest absolute Gasteiger partial charge is 0.309 e. The highest BCUT2D eigenvalue weighted by molar-refractivity contribution is 5.89. The third-order valence-corrected chi connectivity index (χ3v) is 8.42. The normalized spacial score (nSPS) is 31.0. The molecule has 1 saturated carbocycles. The van der Waals surface area contributed by atoms with Crippen molar-refractivity contribution in [2.75, 3.05) is 0 Å². The fourth-order valence-corrected chi connectivity index (χ4v) is 5.72. The van der Waals surface area contributed by atoms with E-state index in [1.165, 1.54) is 5.57 Å². The number of ketones is 1. The monoisotopic (exact) mass is 521 g/mol. The molecule has 2 aliphatic rings. The number of carbonyl (C=O) groups is 2. The summed E-state index contributed by atoms with van der Waals surface area (Å²) >= 11 is 0. The fourth-order valence-electron chi connectivity index (χ4n) is 5.72. The summed E-state index contributed by atoms with van der Waals surface area (Å²) in [6.45, 7) is 5.96. The van der Waals surface area contributed by atoms with Gasteiger partial charge in [0.1, 0.15) is 11.9 Å². The molecule has 38 heavy (non-hydrogen) atoms. The maximum atomic E-state index is 13.9. The summed E-state index contributed by atoms with van der Waals surface area (Å²) in [5, 5.41) is 22.5. The van der Waals surface area contributed by atoms with Crippen molar-refractivity contribution in [2.24, 2.45) is 17.3 Å². The molecule has 206 valence electrons. The second kappa shape index (κ2) is 13.9. The summed E-state index contributed by atoms with van der Waals surface area (Å²) in [6, 6.07) is 5.65. The van der Waals surface area contributed by atoms with E-state index in [0.29, 0.717) is 32.1 Å². The number of aliphatic hydroxyl groups excluding tert-OH is 2. The molecule has 2 N–H and O–H groups in total. The Hall–Kier alpha value is -2.75. The molecular formula is C32H43NO5. The lowest BCUT2D eigenvalue weighted by Crippen LogP contribution is -2.53. The van der Waals surface area contributed by atoms with Crippen LogP contribution in [0.4, 0.5) is 0 Å². The van der Waals surface area contributed by atoms with E-state index in [1.54, 1.807) is 6.20 Å². The van der Waals surface area contributed by atoms with Gasteiger partial charge in [0, 0.05) is 25.0 Å². The molecule has 0 radical (unpaired) electrons. The molecule has 1 aromatic rings. The van der Waals surface area contributed by atoms with Crippen molar-refractivity contribution < 1.29 is 24.5 Å². The number of pyridine rings is 1. The number of ether oxygens (including phenoxy) is 1. The Morgan fingerprint density at radius 1 is 1.26 bits per heavy atom. The van der Waals surface area contributed by atoms with Crippen LogP contribution in [0.3, 0.4) is 0 Å². The molecular weight excluding hydrogens is 478 g/mol. The number of hydrogen-bond acceptors (Lipinski definition) is 6. The maximum absolute atomic E-state index is 13.9. The first-order chi connectivity index (χ1) is 18.2. The van der Waals surface area contributed by atoms with Crippen molar-refractivity contribution in [3.8, 4) is 12.3 Å². The summed E-state index contributed by atoms with van der Waals surface area (Å²) in [5.74, 6) is 1.15. The molecule has 1 unspecified atom stereocenters. The van der Waals surface area contributed by atoms with Gasteiger partial charge in [-0.25, -0.2) is 0 Å². The Labute approximate surface area is 227 Å². The van der Waals surface area contributed by atoms with E-state index in [0.717, 1.165) is 37.0 Å². The summed E-state index contributed by atoms with van der Waals surface area (Å²) in [4.78, 5) is 31.3. The van der Waals surface area contributed by atoms with Gasteiger partial charge in [-0.15, -0.1) is 12.3 Å². The first kappa shape index (κ1) is 29.8. The number of esters is 1. The van der Waals surface area contributed by atoms with Crippen LogP contribution in [0.15, 0.2) is 41.6 Å². The van der Waals surface area contributed by atoms with Crippen LogP contribution in [0, 0.1) is 29.6 Å². The Morgan fingerprint density at radius 2 is 2.03 bits per heavy atom. The molecule has 0 aromatic carbocycles.